The van der Waals surface area contributed by atoms with Crippen molar-refractivity contribution in [2.75, 3.05) is 17.6 Å². The topological polar surface area (TPSA) is 55.4 Å². The van der Waals surface area contributed by atoms with Gasteiger partial charge in [0.2, 0.25) is 10.0 Å². The van der Waals surface area contributed by atoms with Crippen molar-refractivity contribution in [3.63, 3.8) is 0 Å². The van der Waals surface area contributed by atoms with Crippen LogP contribution in [0.4, 0.5) is 5.69 Å². The number of rotatable bonds is 4. The second-order valence-electron chi connectivity index (χ2n) is 7.18. The van der Waals surface area contributed by atoms with Crippen LogP contribution in [0.5, 0.6) is 5.75 Å². The van der Waals surface area contributed by atoms with E-state index in [-0.39, 0.29) is 0 Å². The first kappa shape index (κ1) is 16.5. The predicted molar refractivity (Wildman–Crippen MR) is 101 cm³/mol. The number of hydrogen-bond acceptors (Lipinski definition) is 3. The molecule has 1 saturated carbocycles. The van der Waals surface area contributed by atoms with Crippen molar-refractivity contribution in [3.8, 4) is 16.9 Å². The van der Waals surface area contributed by atoms with Gasteiger partial charge in [0, 0.05) is 0 Å². The molecule has 2 aliphatic rings. The maximum atomic E-state index is 11.6. The molecule has 0 spiro atoms. The minimum atomic E-state index is -3.28. The van der Waals surface area contributed by atoms with Crippen molar-refractivity contribution >= 4 is 15.7 Å². The summed E-state index contributed by atoms with van der Waals surface area (Å²) in [6.07, 6.45) is 5.64. The summed E-state index contributed by atoms with van der Waals surface area (Å²) in [5, 5.41) is 0. The quantitative estimate of drug-likeness (QED) is 0.890. The van der Waals surface area contributed by atoms with Gasteiger partial charge in [-0.15, -0.1) is 0 Å². The zero-order valence-electron chi connectivity index (χ0n) is 14.6. The van der Waals surface area contributed by atoms with E-state index in [2.05, 4.69) is 29.0 Å². The Morgan fingerprint density at radius 2 is 1.96 bits per heavy atom. The zero-order chi connectivity index (χ0) is 17.6. The molecule has 0 atom stereocenters. The first-order valence-electron chi connectivity index (χ1n) is 8.79. The normalized spacial score (nSPS) is 16.9. The van der Waals surface area contributed by atoms with Gasteiger partial charge >= 0.3 is 0 Å². The third kappa shape index (κ3) is 3.52. The van der Waals surface area contributed by atoms with Gasteiger partial charge in [-0.3, -0.25) is 4.72 Å². The SMILES string of the molecule is Cc1cc(-c2ccc3c(c2)CCCO3)c(C2CC2)cc1NS(C)(=O)=O. The van der Waals surface area contributed by atoms with Crippen LogP contribution in [0.3, 0.4) is 0 Å². The van der Waals surface area contributed by atoms with E-state index in [0.717, 1.165) is 30.8 Å². The van der Waals surface area contributed by atoms with Gasteiger partial charge in [-0.1, -0.05) is 6.07 Å². The van der Waals surface area contributed by atoms with Gasteiger partial charge in [-0.25, -0.2) is 8.42 Å². The van der Waals surface area contributed by atoms with Crippen LogP contribution in [-0.4, -0.2) is 21.3 Å². The molecule has 0 saturated heterocycles. The number of sulfonamides is 1. The second kappa shape index (κ2) is 6.06. The molecule has 2 aromatic carbocycles. The molecule has 132 valence electrons. The van der Waals surface area contributed by atoms with E-state index >= 15 is 0 Å². The van der Waals surface area contributed by atoms with Crippen molar-refractivity contribution in [3.05, 3.63) is 47.0 Å². The molecule has 5 heteroatoms. The maximum absolute atomic E-state index is 11.6. The van der Waals surface area contributed by atoms with E-state index < -0.39 is 10.0 Å². The number of ether oxygens (including phenoxy) is 1. The highest BCUT2D eigenvalue weighted by Crippen LogP contribution is 2.46. The number of aryl methyl sites for hydroxylation is 2. The van der Waals surface area contributed by atoms with Gasteiger partial charge in [0.25, 0.3) is 0 Å². The van der Waals surface area contributed by atoms with Gasteiger partial charge in [-0.2, -0.15) is 0 Å². The third-order valence-corrected chi connectivity index (χ3v) is 5.52. The third-order valence-electron chi connectivity index (χ3n) is 4.93. The van der Waals surface area contributed by atoms with Crippen LogP contribution >= 0.6 is 0 Å². The Kier molecular flexibility index (Phi) is 3.99. The number of hydrogen-bond donors (Lipinski definition) is 1. The summed E-state index contributed by atoms with van der Waals surface area (Å²) in [4.78, 5) is 0. The van der Waals surface area contributed by atoms with Gasteiger partial charge < -0.3 is 4.74 Å². The number of benzene rings is 2. The summed E-state index contributed by atoms with van der Waals surface area (Å²) >= 11 is 0. The van der Waals surface area contributed by atoms with Gasteiger partial charge in [0.1, 0.15) is 5.75 Å². The Labute approximate surface area is 149 Å². The summed E-state index contributed by atoms with van der Waals surface area (Å²) in [7, 11) is -3.28. The number of anilines is 1. The molecule has 1 aliphatic heterocycles. The highest BCUT2D eigenvalue weighted by atomic mass is 32.2. The number of nitrogens with one attached hydrogen (secondary N) is 1. The maximum Gasteiger partial charge on any atom is 0.229 e. The molecule has 0 amide bonds. The Balaban J connectivity index is 1.80. The highest BCUT2D eigenvalue weighted by molar-refractivity contribution is 7.92. The Morgan fingerprint density at radius 3 is 2.68 bits per heavy atom. The zero-order valence-corrected chi connectivity index (χ0v) is 15.4. The summed E-state index contributed by atoms with van der Waals surface area (Å²) < 4.78 is 31.7. The van der Waals surface area contributed by atoms with Crippen LogP contribution in [0, 0.1) is 6.92 Å². The molecule has 0 radical (unpaired) electrons. The molecule has 1 aliphatic carbocycles. The van der Waals surface area contributed by atoms with E-state index in [1.54, 1.807) is 0 Å². The fourth-order valence-electron chi connectivity index (χ4n) is 3.54. The van der Waals surface area contributed by atoms with E-state index in [1.807, 2.05) is 13.0 Å². The van der Waals surface area contributed by atoms with Crippen LogP contribution in [0.15, 0.2) is 30.3 Å². The largest absolute Gasteiger partial charge is 0.493 e. The molecule has 2 aromatic rings. The highest BCUT2D eigenvalue weighted by Gasteiger charge is 2.28. The Bertz CT molecular complexity index is 930. The standard InChI is InChI=1S/C20H23NO3S/c1-13-10-17(15-7-8-20-16(11-15)4-3-9-24-20)18(14-5-6-14)12-19(13)21-25(2,22)23/h7-8,10-12,14,21H,3-6,9H2,1-2H3. The van der Waals surface area contributed by atoms with Crippen molar-refractivity contribution < 1.29 is 13.2 Å². The average molecular weight is 357 g/mol. The van der Waals surface area contributed by atoms with Crippen LogP contribution in [0.1, 0.15) is 41.9 Å². The van der Waals surface area contributed by atoms with Crippen molar-refractivity contribution in [2.24, 2.45) is 0 Å². The average Bonchev–Trinajstić information content (AvgIpc) is 3.39. The summed E-state index contributed by atoms with van der Waals surface area (Å²) in [6, 6.07) is 10.6. The van der Waals surface area contributed by atoms with Gasteiger partial charge in [0.15, 0.2) is 0 Å². The van der Waals surface area contributed by atoms with Crippen LogP contribution in [0.2, 0.25) is 0 Å². The van der Waals surface area contributed by atoms with Crippen LogP contribution in [-0.2, 0) is 16.4 Å². The first-order chi connectivity index (χ1) is 11.9. The van der Waals surface area contributed by atoms with E-state index in [9.17, 15) is 8.42 Å². The Hall–Kier alpha value is -2.01. The van der Waals surface area contributed by atoms with Crippen LogP contribution < -0.4 is 9.46 Å². The smallest absolute Gasteiger partial charge is 0.229 e. The first-order valence-corrected chi connectivity index (χ1v) is 10.7. The van der Waals surface area contributed by atoms with Crippen molar-refractivity contribution in [2.45, 2.75) is 38.5 Å². The predicted octanol–water partition coefficient (Wildman–Crippen LogP) is 4.24. The van der Waals surface area contributed by atoms with Gasteiger partial charge in [-0.05, 0) is 90.6 Å². The fourth-order valence-corrected chi connectivity index (χ4v) is 4.16. The second-order valence-corrected chi connectivity index (χ2v) is 8.93. The fraction of sp³-hybridized carbons (Fsp3) is 0.400. The molecule has 0 aromatic heterocycles. The molecular formula is C20H23NO3S. The molecular weight excluding hydrogens is 334 g/mol. The lowest BCUT2D eigenvalue weighted by Crippen LogP contribution is -2.11. The summed E-state index contributed by atoms with van der Waals surface area (Å²) in [6.45, 7) is 2.75. The molecule has 4 nitrogen and oxygen atoms in total. The molecule has 1 N–H and O–H groups in total. The molecule has 0 unspecified atom stereocenters. The van der Waals surface area contributed by atoms with Crippen molar-refractivity contribution in [1.82, 2.24) is 0 Å². The van der Waals surface area contributed by atoms with E-state index in [4.69, 9.17) is 4.74 Å². The molecule has 1 fully saturated rings. The monoisotopic (exact) mass is 357 g/mol. The van der Waals surface area contributed by atoms with E-state index in [1.165, 1.54) is 41.4 Å². The Morgan fingerprint density at radius 1 is 1.16 bits per heavy atom. The van der Waals surface area contributed by atoms with Gasteiger partial charge in [0.05, 0.1) is 18.6 Å². The lowest BCUT2D eigenvalue weighted by Gasteiger charge is -2.20. The minimum Gasteiger partial charge on any atom is -0.493 e. The minimum absolute atomic E-state index is 0.531. The summed E-state index contributed by atoms with van der Waals surface area (Å²) in [5.74, 6) is 1.53. The molecule has 0 bridgehead atoms. The summed E-state index contributed by atoms with van der Waals surface area (Å²) in [5.41, 5.74) is 6.55. The molecule has 4 rings (SSSR count). The molecule has 1 heterocycles. The van der Waals surface area contributed by atoms with E-state index in [0.29, 0.717) is 11.6 Å². The van der Waals surface area contributed by atoms with Crippen LogP contribution in [0.25, 0.3) is 11.1 Å². The lowest BCUT2D eigenvalue weighted by molar-refractivity contribution is 0.288. The molecule has 25 heavy (non-hydrogen) atoms. The number of fused-ring (bicyclic) bond motifs is 1. The lowest BCUT2D eigenvalue weighted by atomic mass is 9.92. The van der Waals surface area contributed by atoms with Crippen molar-refractivity contribution in [1.29, 1.82) is 0 Å².